The highest BCUT2D eigenvalue weighted by atomic mass is 79.9. The van der Waals surface area contributed by atoms with Gasteiger partial charge in [-0.2, -0.15) is 0 Å². The molecule has 98 valence electrons. The fourth-order valence-electron chi connectivity index (χ4n) is 2.69. The van der Waals surface area contributed by atoms with Crippen LogP contribution in [0.25, 0.3) is 0 Å². The van der Waals surface area contributed by atoms with Crippen LogP contribution in [-0.4, -0.2) is 11.9 Å². The average molecular weight is 310 g/mol. The van der Waals surface area contributed by atoms with Crippen LogP contribution in [0.1, 0.15) is 49.9 Å². The molecule has 1 saturated carbocycles. The smallest absolute Gasteiger partial charge is 0.251 e. The molecule has 18 heavy (non-hydrogen) atoms. The van der Waals surface area contributed by atoms with Gasteiger partial charge in [-0.15, -0.1) is 0 Å². The van der Waals surface area contributed by atoms with Gasteiger partial charge in [-0.1, -0.05) is 36.2 Å². The third-order valence-electron chi connectivity index (χ3n) is 3.65. The third kappa shape index (κ3) is 3.58. The predicted octanol–water partition coefficient (Wildman–Crippen LogP) is 4.15. The SMILES string of the molecule is CC1(C)CCCC(NC(=O)c2ccc(Br)cc2)C1. The topological polar surface area (TPSA) is 29.1 Å². The normalized spacial score (nSPS) is 22.5. The molecule has 0 heterocycles. The second-order valence-electron chi connectivity index (χ2n) is 5.94. The highest BCUT2D eigenvalue weighted by Gasteiger charge is 2.28. The zero-order valence-electron chi connectivity index (χ0n) is 11.0. The molecule has 0 bridgehead atoms. The fraction of sp³-hybridized carbons (Fsp3) is 0.533. The average Bonchev–Trinajstić information content (AvgIpc) is 2.28. The van der Waals surface area contributed by atoms with Crippen LogP contribution in [0, 0.1) is 5.41 Å². The van der Waals surface area contributed by atoms with E-state index in [1.807, 2.05) is 24.3 Å². The van der Waals surface area contributed by atoms with Crippen molar-refractivity contribution >= 4 is 21.8 Å². The number of hydrogen-bond donors (Lipinski definition) is 1. The van der Waals surface area contributed by atoms with Crippen molar-refractivity contribution in [3.05, 3.63) is 34.3 Å². The summed E-state index contributed by atoms with van der Waals surface area (Å²) in [4.78, 5) is 12.1. The summed E-state index contributed by atoms with van der Waals surface area (Å²) in [5, 5.41) is 3.16. The van der Waals surface area contributed by atoms with E-state index in [2.05, 4.69) is 35.1 Å². The Balaban J connectivity index is 1.97. The minimum absolute atomic E-state index is 0.0465. The molecule has 0 radical (unpaired) electrons. The van der Waals surface area contributed by atoms with Gasteiger partial charge in [-0.25, -0.2) is 0 Å². The number of halogens is 1. The van der Waals surface area contributed by atoms with E-state index in [1.54, 1.807) is 0 Å². The van der Waals surface area contributed by atoms with Crippen molar-refractivity contribution < 1.29 is 4.79 Å². The summed E-state index contributed by atoms with van der Waals surface area (Å²) in [5.74, 6) is 0.0465. The van der Waals surface area contributed by atoms with Gasteiger partial charge >= 0.3 is 0 Å². The molecular formula is C15H20BrNO. The summed E-state index contributed by atoms with van der Waals surface area (Å²) < 4.78 is 0.998. The van der Waals surface area contributed by atoms with Crippen LogP contribution < -0.4 is 5.32 Å². The molecule has 0 aromatic heterocycles. The first-order valence-electron chi connectivity index (χ1n) is 6.53. The Bertz CT molecular complexity index is 425. The van der Waals surface area contributed by atoms with E-state index in [0.29, 0.717) is 11.5 Å². The van der Waals surface area contributed by atoms with Gasteiger partial charge in [0.25, 0.3) is 5.91 Å². The van der Waals surface area contributed by atoms with Crippen molar-refractivity contribution in [1.82, 2.24) is 5.32 Å². The van der Waals surface area contributed by atoms with Gasteiger partial charge in [0.1, 0.15) is 0 Å². The van der Waals surface area contributed by atoms with E-state index in [-0.39, 0.29) is 5.91 Å². The first-order valence-corrected chi connectivity index (χ1v) is 7.32. The van der Waals surface area contributed by atoms with E-state index in [4.69, 9.17) is 0 Å². The molecule has 1 N–H and O–H groups in total. The number of carbonyl (C=O) groups excluding carboxylic acids is 1. The van der Waals surface area contributed by atoms with Gasteiger partial charge in [-0.05, 0) is 48.9 Å². The zero-order chi connectivity index (χ0) is 13.2. The van der Waals surface area contributed by atoms with Crippen LogP contribution in [0.15, 0.2) is 28.7 Å². The molecule has 1 aromatic rings. The van der Waals surface area contributed by atoms with Crippen LogP contribution in [0.3, 0.4) is 0 Å². The number of hydrogen-bond acceptors (Lipinski definition) is 1. The molecule has 1 unspecified atom stereocenters. The van der Waals surface area contributed by atoms with E-state index in [9.17, 15) is 4.79 Å². The lowest BCUT2D eigenvalue weighted by atomic mass is 9.75. The van der Waals surface area contributed by atoms with Crippen molar-refractivity contribution in [3.63, 3.8) is 0 Å². The number of amides is 1. The maximum atomic E-state index is 12.1. The van der Waals surface area contributed by atoms with Crippen LogP contribution in [-0.2, 0) is 0 Å². The van der Waals surface area contributed by atoms with Crippen molar-refractivity contribution in [1.29, 1.82) is 0 Å². The molecule has 2 rings (SSSR count). The third-order valence-corrected chi connectivity index (χ3v) is 4.18. The van der Waals surface area contributed by atoms with E-state index >= 15 is 0 Å². The van der Waals surface area contributed by atoms with Gasteiger partial charge in [-0.3, -0.25) is 4.79 Å². The maximum absolute atomic E-state index is 12.1. The Labute approximate surface area is 117 Å². The van der Waals surface area contributed by atoms with Crippen LogP contribution in [0.2, 0.25) is 0 Å². The molecule has 3 heteroatoms. The standard InChI is InChI=1S/C15H20BrNO/c1-15(2)9-3-4-13(10-15)17-14(18)11-5-7-12(16)8-6-11/h5-8,13H,3-4,9-10H2,1-2H3,(H,17,18). The summed E-state index contributed by atoms with van der Waals surface area (Å²) >= 11 is 3.38. The fourth-order valence-corrected chi connectivity index (χ4v) is 2.96. The molecule has 0 saturated heterocycles. The summed E-state index contributed by atoms with van der Waals surface area (Å²) in [6, 6.07) is 7.84. The molecule has 1 aliphatic rings. The van der Waals surface area contributed by atoms with Crippen molar-refractivity contribution in [3.8, 4) is 0 Å². The molecular weight excluding hydrogens is 290 g/mol. The van der Waals surface area contributed by atoms with Gasteiger partial charge in [0.05, 0.1) is 0 Å². The molecule has 1 aliphatic carbocycles. The molecule has 1 fully saturated rings. The highest BCUT2D eigenvalue weighted by Crippen LogP contribution is 2.35. The number of benzene rings is 1. The number of carbonyl (C=O) groups is 1. The Kier molecular flexibility index (Phi) is 4.10. The number of rotatable bonds is 2. The first kappa shape index (κ1) is 13.6. The molecule has 1 aromatic carbocycles. The molecule has 1 amide bonds. The van der Waals surface area contributed by atoms with Crippen molar-refractivity contribution in [2.45, 2.75) is 45.6 Å². The van der Waals surface area contributed by atoms with Gasteiger partial charge in [0, 0.05) is 16.1 Å². The van der Waals surface area contributed by atoms with E-state index in [0.717, 1.165) is 22.9 Å². The Hall–Kier alpha value is -0.830. The summed E-state index contributed by atoms with van der Waals surface area (Å²) in [6.07, 6.45) is 4.65. The summed E-state index contributed by atoms with van der Waals surface area (Å²) in [7, 11) is 0. The molecule has 1 atom stereocenters. The monoisotopic (exact) mass is 309 g/mol. The minimum atomic E-state index is 0.0465. The van der Waals surface area contributed by atoms with Gasteiger partial charge in [0.2, 0.25) is 0 Å². The van der Waals surface area contributed by atoms with Gasteiger partial charge in [0.15, 0.2) is 0 Å². The first-order chi connectivity index (χ1) is 8.46. The largest absolute Gasteiger partial charge is 0.349 e. The van der Waals surface area contributed by atoms with Crippen molar-refractivity contribution in [2.75, 3.05) is 0 Å². The summed E-state index contributed by atoms with van der Waals surface area (Å²) in [6.45, 7) is 4.57. The summed E-state index contributed by atoms with van der Waals surface area (Å²) in [5.41, 5.74) is 1.09. The Morgan fingerprint density at radius 2 is 2.00 bits per heavy atom. The Morgan fingerprint density at radius 3 is 2.61 bits per heavy atom. The van der Waals surface area contributed by atoms with Crippen molar-refractivity contribution in [2.24, 2.45) is 5.41 Å². The zero-order valence-corrected chi connectivity index (χ0v) is 12.6. The van der Waals surface area contributed by atoms with Crippen LogP contribution >= 0.6 is 15.9 Å². The lowest BCUT2D eigenvalue weighted by Crippen LogP contribution is -2.40. The Morgan fingerprint density at radius 1 is 1.33 bits per heavy atom. The number of nitrogens with one attached hydrogen (secondary N) is 1. The van der Waals surface area contributed by atoms with E-state index < -0.39 is 0 Å². The van der Waals surface area contributed by atoms with Crippen LogP contribution in [0.4, 0.5) is 0 Å². The highest BCUT2D eigenvalue weighted by molar-refractivity contribution is 9.10. The lowest BCUT2D eigenvalue weighted by Gasteiger charge is -2.35. The second kappa shape index (κ2) is 5.43. The minimum Gasteiger partial charge on any atom is -0.349 e. The van der Waals surface area contributed by atoms with Gasteiger partial charge < -0.3 is 5.32 Å². The molecule has 0 aliphatic heterocycles. The van der Waals surface area contributed by atoms with Crippen LogP contribution in [0.5, 0.6) is 0 Å². The lowest BCUT2D eigenvalue weighted by molar-refractivity contribution is 0.0902. The second-order valence-corrected chi connectivity index (χ2v) is 6.85. The molecule has 0 spiro atoms. The molecule has 2 nitrogen and oxygen atoms in total. The predicted molar refractivity (Wildman–Crippen MR) is 77.6 cm³/mol. The quantitative estimate of drug-likeness (QED) is 0.873. The maximum Gasteiger partial charge on any atom is 0.251 e. The van der Waals surface area contributed by atoms with E-state index in [1.165, 1.54) is 12.8 Å².